The lowest BCUT2D eigenvalue weighted by Gasteiger charge is -2.25. The standard InChI is InChI=1S/C13H17NO4/c1-9(15)6-7-14-13(16)12-8-17-10-4-2-3-5-11(10)18-12/h2-5,9,12,15H,6-8H2,1H3,(H,14,16). The Hall–Kier alpha value is -1.75. The minimum Gasteiger partial charge on any atom is -0.485 e. The van der Waals surface area contributed by atoms with E-state index in [2.05, 4.69) is 5.32 Å². The molecule has 0 radical (unpaired) electrons. The largest absolute Gasteiger partial charge is 0.485 e. The molecule has 1 amide bonds. The van der Waals surface area contributed by atoms with Gasteiger partial charge in [0.15, 0.2) is 11.5 Å². The molecule has 0 bridgehead atoms. The van der Waals surface area contributed by atoms with Gasteiger partial charge in [0.25, 0.3) is 5.91 Å². The predicted octanol–water partition coefficient (Wildman–Crippen LogP) is 0.713. The number of rotatable bonds is 4. The fourth-order valence-electron chi connectivity index (χ4n) is 1.67. The zero-order valence-corrected chi connectivity index (χ0v) is 10.3. The number of benzene rings is 1. The van der Waals surface area contributed by atoms with Crippen molar-refractivity contribution in [1.82, 2.24) is 5.32 Å². The third-order valence-corrected chi connectivity index (χ3v) is 2.66. The predicted molar refractivity (Wildman–Crippen MR) is 65.7 cm³/mol. The molecule has 2 unspecified atom stereocenters. The highest BCUT2D eigenvalue weighted by molar-refractivity contribution is 5.81. The first-order valence-electron chi connectivity index (χ1n) is 6.01. The Morgan fingerprint density at radius 2 is 2.22 bits per heavy atom. The first-order valence-corrected chi connectivity index (χ1v) is 6.01. The van der Waals surface area contributed by atoms with Crippen molar-refractivity contribution in [2.24, 2.45) is 0 Å². The Labute approximate surface area is 106 Å². The average Bonchev–Trinajstić information content (AvgIpc) is 2.37. The Kier molecular flexibility index (Phi) is 4.04. The van der Waals surface area contributed by atoms with E-state index in [1.54, 1.807) is 19.1 Å². The minimum atomic E-state index is -0.631. The van der Waals surface area contributed by atoms with Crippen molar-refractivity contribution in [1.29, 1.82) is 0 Å². The maximum Gasteiger partial charge on any atom is 0.264 e. The molecular formula is C13H17NO4. The zero-order chi connectivity index (χ0) is 13.0. The van der Waals surface area contributed by atoms with E-state index >= 15 is 0 Å². The van der Waals surface area contributed by atoms with Gasteiger partial charge in [-0.05, 0) is 25.5 Å². The molecule has 1 aromatic rings. The summed E-state index contributed by atoms with van der Waals surface area (Å²) in [7, 11) is 0. The molecule has 1 heterocycles. The molecule has 5 nitrogen and oxygen atoms in total. The van der Waals surface area contributed by atoms with E-state index < -0.39 is 12.2 Å². The number of aliphatic hydroxyl groups excluding tert-OH is 1. The molecule has 0 saturated heterocycles. The van der Waals surface area contributed by atoms with Gasteiger partial charge in [-0.15, -0.1) is 0 Å². The molecule has 18 heavy (non-hydrogen) atoms. The SMILES string of the molecule is CC(O)CCNC(=O)C1COc2ccccc2O1. The van der Waals surface area contributed by atoms with Gasteiger partial charge in [-0.3, -0.25) is 4.79 Å². The van der Waals surface area contributed by atoms with Gasteiger partial charge in [-0.2, -0.15) is 0 Å². The fourth-order valence-corrected chi connectivity index (χ4v) is 1.67. The van der Waals surface area contributed by atoms with Crippen molar-refractivity contribution in [3.63, 3.8) is 0 Å². The number of fused-ring (bicyclic) bond motifs is 1. The second-order valence-corrected chi connectivity index (χ2v) is 4.29. The van der Waals surface area contributed by atoms with Crippen molar-refractivity contribution < 1.29 is 19.4 Å². The quantitative estimate of drug-likeness (QED) is 0.827. The number of aliphatic hydroxyl groups is 1. The van der Waals surface area contributed by atoms with E-state index in [-0.39, 0.29) is 12.5 Å². The molecule has 0 saturated carbocycles. The van der Waals surface area contributed by atoms with Crippen LogP contribution in [0.1, 0.15) is 13.3 Å². The first kappa shape index (κ1) is 12.7. The second kappa shape index (κ2) is 5.73. The van der Waals surface area contributed by atoms with Crippen LogP contribution in [0.2, 0.25) is 0 Å². The normalized spacial score (nSPS) is 19.1. The van der Waals surface area contributed by atoms with Crippen LogP contribution in [-0.2, 0) is 4.79 Å². The number of hydrogen-bond donors (Lipinski definition) is 2. The van der Waals surface area contributed by atoms with E-state index in [4.69, 9.17) is 14.6 Å². The summed E-state index contributed by atoms with van der Waals surface area (Å²) in [5, 5.41) is 11.8. The summed E-state index contributed by atoms with van der Waals surface area (Å²) in [4.78, 5) is 11.8. The van der Waals surface area contributed by atoms with Crippen molar-refractivity contribution in [3.8, 4) is 11.5 Å². The molecule has 0 fully saturated rings. The average molecular weight is 251 g/mol. The van der Waals surface area contributed by atoms with Crippen LogP contribution in [0.15, 0.2) is 24.3 Å². The maximum absolute atomic E-state index is 11.8. The monoisotopic (exact) mass is 251 g/mol. The molecule has 0 spiro atoms. The molecule has 98 valence electrons. The number of ether oxygens (including phenoxy) is 2. The van der Waals surface area contributed by atoms with E-state index in [9.17, 15) is 4.79 Å². The van der Waals surface area contributed by atoms with Gasteiger partial charge < -0.3 is 19.9 Å². The number of carbonyl (C=O) groups excluding carboxylic acids is 1. The molecule has 5 heteroatoms. The summed E-state index contributed by atoms with van der Waals surface area (Å²) in [6, 6.07) is 7.25. The van der Waals surface area contributed by atoms with Gasteiger partial charge in [0.05, 0.1) is 6.10 Å². The number of amides is 1. The molecule has 0 aliphatic carbocycles. The van der Waals surface area contributed by atoms with Crippen LogP contribution in [-0.4, -0.2) is 36.4 Å². The number of hydrogen-bond acceptors (Lipinski definition) is 4. The minimum absolute atomic E-state index is 0.206. The zero-order valence-electron chi connectivity index (χ0n) is 10.3. The molecule has 1 aliphatic heterocycles. The number of nitrogens with one attached hydrogen (secondary N) is 1. The number of para-hydroxylation sites is 2. The summed E-state index contributed by atoms with van der Waals surface area (Å²) in [5.74, 6) is 1.02. The maximum atomic E-state index is 11.8. The lowest BCUT2D eigenvalue weighted by molar-refractivity contribution is -0.130. The third-order valence-electron chi connectivity index (χ3n) is 2.66. The van der Waals surface area contributed by atoms with E-state index in [1.807, 2.05) is 12.1 Å². The van der Waals surface area contributed by atoms with Gasteiger partial charge in [-0.1, -0.05) is 12.1 Å². The topological polar surface area (TPSA) is 67.8 Å². The summed E-state index contributed by atoms with van der Waals surface area (Å²) in [6.45, 7) is 2.32. The van der Waals surface area contributed by atoms with E-state index in [0.717, 1.165) is 0 Å². The summed E-state index contributed by atoms with van der Waals surface area (Å²) in [5.41, 5.74) is 0. The highest BCUT2D eigenvalue weighted by Gasteiger charge is 2.26. The lowest BCUT2D eigenvalue weighted by Crippen LogP contribution is -2.44. The highest BCUT2D eigenvalue weighted by Crippen LogP contribution is 2.30. The van der Waals surface area contributed by atoms with Crippen LogP contribution in [0.3, 0.4) is 0 Å². The van der Waals surface area contributed by atoms with Crippen LogP contribution in [0, 0.1) is 0 Å². The van der Waals surface area contributed by atoms with Gasteiger partial charge in [-0.25, -0.2) is 0 Å². The van der Waals surface area contributed by atoms with Gasteiger partial charge in [0.1, 0.15) is 6.61 Å². The van der Waals surface area contributed by atoms with Crippen molar-refractivity contribution >= 4 is 5.91 Å². The van der Waals surface area contributed by atoms with Crippen molar-refractivity contribution in [2.75, 3.05) is 13.2 Å². The number of carbonyl (C=O) groups is 1. The van der Waals surface area contributed by atoms with E-state index in [1.165, 1.54) is 0 Å². The van der Waals surface area contributed by atoms with Crippen LogP contribution in [0.4, 0.5) is 0 Å². The van der Waals surface area contributed by atoms with E-state index in [0.29, 0.717) is 24.5 Å². The van der Waals surface area contributed by atoms with Gasteiger partial charge in [0, 0.05) is 6.54 Å². The molecule has 1 aliphatic rings. The Bertz CT molecular complexity index is 419. The molecule has 1 aromatic carbocycles. The van der Waals surface area contributed by atoms with Crippen molar-refractivity contribution in [3.05, 3.63) is 24.3 Å². The molecule has 2 N–H and O–H groups in total. The third kappa shape index (κ3) is 3.13. The van der Waals surface area contributed by atoms with Crippen LogP contribution in [0.5, 0.6) is 11.5 Å². The van der Waals surface area contributed by atoms with Gasteiger partial charge >= 0.3 is 0 Å². The summed E-state index contributed by atoms with van der Waals surface area (Å²) in [6.07, 6.45) is -0.529. The Morgan fingerprint density at radius 3 is 2.94 bits per heavy atom. The summed E-state index contributed by atoms with van der Waals surface area (Å²) >= 11 is 0. The molecule has 2 atom stereocenters. The van der Waals surface area contributed by atoms with Gasteiger partial charge in [0.2, 0.25) is 6.10 Å². The smallest absolute Gasteiger partial charge is 0.264 e. The summed E-state index contributed by atoms with van der Waals surface area (Å²) < 4.78 is 11.0. The van der Waals surface area contributed by atoms with Crippen LogP contribution in [0.25, 0.3) is 0 Å². The molecule has 0 aromatic heterocycles. The fraction of sp³-hybridized carbons (Fsp3) is 0.462. The lowest BCUT2D eigenvalue weighted by atomic mass is 10.2. The highest BCUT2D eigenvalue weighted by atomic mass is 16.6. The Morgan fingerprint density at radius 1 is 1.50 bits per heavy atom. The second-order valence-electron chi connectivity index (χ2n) is 4.29. The first-order chi connectivity index (χ1) is 8.66. The molecular weight excluding hydrogens is 234 g/mol. The van der Waals surface area contributed by atoms with Crippen LogP contribution < -0.4 is 14.8 Å². The molecule has 2 rings (SSSR count). The van der Waals surface area contributed by atoms with Crippen molar-refractivity contribution in [2.45, 2.75) is 25.6 Å². The Balaban J connectivity index is 1.87. The van der Waals surface area contributed by atoms with Crippen LogP contribution >= 0.6 is 0 Å².